The van der Waals surface area contributed by atoms with E-state index in [1.165, 1.54) is 6.20 Å². The zero-order valence-corrected chi connectivity index (χ0v) is 9.34. The Kier molecular flexibility index (Phi) is 3.40. The fourth-order valence-corrected chi connectivity index (χ4v) is 1.63. The topological polar surface area (TPSA) is 81.7 Å². The van der Waals surface area contributed by atoms with Gasteiger partial charge in [-0.3, -0.25) is 20.9 Å². The van der Waals surface area contributed by atoms with Gasteiger partial charge in [0.1, 0.15) is 5.82 Å². The predicted molar refractivity (Wildman–Crippen MR) is 59.0 cm³/mol. The van der Waals surface area contributed by atoms with Crippen LogP contribution >= 0.6 is 0 Å². The second kappa shape index (κ2) is 4.98. The molecule has 17 heavy (non-hydrogen) atoms. The molecule has 0 radical (unpaired) electrons. The van der Waals surface area contributed by atoms with Crippen molar-refractivity contribution in [3.8, 4) is 0 Å². The first-order chi connectivity index (χ1) is 8.20. The van der Waals surface area contributed by atoms with E-state index in [1.54, 1.807) is 24.0 Å². The third-order valence-corrected chi connectivity index (χ3v) is 2.44. The summed E-state index contributed by atoms with van der Waals surface area (Å²) in [5, 5.41) is 7.75. The number of nitrogens with one attached hydrogen (secondary N) is 1. The number of halogens is 1. The molecule has 6 nitrogen and oxygen atoms in total. The molecule has 0 aromatic carbocycles. The summed E-state index contributed by atoms with van der Waals surface area (Å²) in [5.74, 6) is 5.05. The van der Waals surface area contributed by atoms with Gasteiger partial charge in [-0.1, -0.05) is 5.21 Å². The number of nitrogens with two attached hydrogens (primary N) is 1. The average Bonchev–Trinajstić information content (AvgIpc) is 2.73. The van der Waals surface area contributed by atoms with Crippen LogP contribution in [0.25, 0.3) is 0 Å². The molecule has 0 spiro atoms. The maximum absolute atomic E-state index is 13.5. The van der Waals surface area contributed by atoms with E-state index in [4.69, 9.17) is 5.84 Å². The molecule has 7 heteroatoms. The molecule has 0 amide bonds. The van der Waals surface area contributed by atoms with E-state index < -0.39 is 0 Å². The van der Waals surface area contributed by atoms with Gasteiger partial charge in [0, 0.05) is 31.4 Å². The van der Waals surface area contributed by atoms with Crippen LogP contribution in [0, 0.1) is 5.82 Å². The second-order valence-corrected chi connectivity index (χ2v) is 3.70. The Labute approximate surface area is 97.6 Å². The third kappa shape index (κ3) is 2.63. The molecule has 2 heterocycles. The van der Waals surface area contributed by atoms with Gasteiger partial charge in [-0.05, 0) is 6.07 Å². The van der Waals surface area contributed by atoms with Crippen molar-refractivity contribution in [3.05, 3.63) is 41.7 Å². The number of hydrogen-bond donors (Lipinski definition) is 2. The highest BCUT2D eigenvalue weighted by atomic mass is 19.1. The molecule has 3 N–H and O–H groups in total. The van der Waals surface area contributed by atoms with Crippen LogP contribution < -0.4 is 11.3 Å². The zero-order valence-electron chi connectivity index (χ0n) is 9.34. The van der Waals surface area contributed by atoms with Crippen LogP contribution in [-0.2, 0) is 13.5 Å². The molecule has 0 aliphatic carbocycles. The number of nitrogens with zero attached hydrogens (tertiary/aromatic N) is 4. The molecule has 1 unspecified atom stereocenters. The smallest absolute Gasteiger partial charge is 0.146 e. The lowest BCUT2D eigenvalue weighted by Crippen LogP contribution is -2.30. The average molecular weight is 236 g/mol. The summed E-state index contributed by atoms with van der Waals surface area (Å²) in [5.41, 5.74) is 3.78. The van der Waals surface area contributed by atoms with E-state index in [1.807, 2.05) is 0 Å². The van der Waals surface area contributed by atoms with Crippen LogP contribution in [0.4, 0.5) is 4.39 Å². The highest BCUT2D eigenvalue weighted by Crippen LogP contribution is 2.18. The number of pyridine rings is 1. The molecule has 90 valence electrons. The lowest BCUT2D eigenvalue weighted by Gasteiger charge is -2.15. The normalized spacial score (nSPS) is 12.6. The summed E-state index contributed by atoms with van der Waals surface area (Å²) in [6.45, 7) is 0. The maximum Gasteiger partial charge on any atom is 0.146 e. The molecule has 0 bridgehead atoms. The minimum atomic E-state index is -0.389. The van der Waals surface area contributed by atoms with Gasteiger partial charge in [-0.15, -0.1) is 5.10 Å². The van der Waals surface area contributed by atoms with Crippen molar-refractivity contribution in [2.75, 3.05) is 0 Å². The fourth-order valence-electron chi connectivity index (χ4n) is 1.63. The van der Waals surface area contributed by atoms with Gasteiger partial charge in [0.15, 0.2) is 0 Å². The van der Waals surface area contributed by atoms with Crippen molar-refractivity contribution in [3.63, 3.8) is 0 Å². The van der Waals surface area contributed by atoms with Gasteiger partial charge in [0.25, 0.3) is 0 Å². The van der Waals surface area contributed by atoms with Crippen LogP contribution in [0.5, 0.6) is 0 Å². The zero-order chi connectivity index (χ0) is 12.3. The van der Waals surface area contributed by atoms with E-state index >= 15 is 0 Å². The van der Waals surface area contributed by atoms with Gasteiger partial charge in [-0.2, -0.15) is 0 Å². The van der Waals surface area contributed by atoms with Crippen molar-refractivity contribution in [1.82, 2.24) is 25.4 Å². The standard InChI is InChI=1S/C10H13FN6/c1-17-6-7(15-16-17)4-10(14-12)8-2-3-13-5-9(8)11/h2-3,5-6,10,14H,4,12H2,1H3. The van der Waals surface area contributed by atoms with Crippen molar-refractivity contribution >= 4 is 0 Å². The highest BCUT2D eigenvalue weighted by molar-refractivity contribution is 5.19. The monoisotopic (exact) mass is 236 g/mol. The number of hydrazine groups is 1. The van der Waals surface area contributed by atoms with Crippen LogP contribution in [0.2, 0.25) is 0 Å². The molecule has 2 aromatic rings. The molecule has 2 rings (SSSR count). The lowest BCUT2D eigenvalue weighted by molar-refractivity contribution is 0.504. The Balaban J connectivity index is 2.20. The first-order valence-electron chi connectivity index (χ1n) is 5.11. The second-order valence-electron chi connectivity index (χ2n) is 3.70. The van der Waals surface area contributed by atoms with Crippen LogP contribution in [0.15, 0.2) is 24.7 Å². The lowest BCUT2D eigenvalue weighted by atomic mass is 10.0. The molecule has 0 aliphatic heterocycles. The van der Waals surface area contributed by atoms with Crippen molar-refractivity contribution < 1.29 is 4.39 Å². The molecule has 0 fully saturated rings. The van der Waals surface area contributed by atoms with E-state index in [-0.39, 0.29) is 11.9 Å². The minimum Gasteiger partial charge on any atom is -0.271 e. The van der Waals surface area contributed by atoms with E-state index in [9.17, 15) is 4.39 Å². The largest absolute Gasteiger partial charge is 0.271 e. The maximum atomic E-state index is 13.5. The Morgan fingerprint density at radius 1 is 1.59 bits per heavy atom. The summed E-state index contributed by atoms with van der Waals surface area (Å²) in [6, 6.07) is 1.24. The number of hydrogen-bond acceptors (Lipinski definition) is 5. The quantitative estimate of drug-likeness (QED) is 0.581. The highest BCUT2D eigenvalue weighted by Gasteiger charge is 2.16. The summed E-state index contributed by atoms with van der Waals surface area (Å²) in [7, 11) is 1.77. The van der Waals surface area contributed by atoms with Crippen molar-refractivity contribution in [2.24, 2.45) is 12.9 Å². The SMILES string of the molecule is Cn1cc(CC(NN)c2ccncc2F)nn1. The Morgan fingerprint density at radius 3 is 3.00 bits per heavy atom. The molecule has 0 saturated heterocycles. The van der Waals surface area contributed by atoms with Crippen molar-refractivity contribution in [2.45, 2.75) is 12.5 Å². The first kappa shape index (κ1) is 11.6. The third-order valence-electron chi connectivity index (χ3n) is 2.44. The number of rotatable bonds is 4. The van der Waals surface area contributed by atoms with Crippen LogP contribution in [0.1, 0.15) is 17.3 Å². The molecular weight excluding hydrogens is 223 g/mol. The molecule has 0 aliphatic rings. The summed E-state index contributed by atoms with van der Waals surface area (Å²) < 4.78 is 15.1. The number of aromatic nitrogens is 4. The predicted octanol–water partition coefficient (Wildman–Crippen LogP) is 0.0963. The van der Waals surface area contributed by atoms with Crippen molar-refractivity contribution in [1.29, 1.82) is 0 Å². The van der Waals surface area contributed by atoms with E-state index in [0.717, 1.165) is 11.9 Å². The molecule has 0 saturated carbocycles. The molecule has 2 aromatic heterocycles. The number of aryl methyl sites for hydroxylation is 1. The van der Waals surface area contributed by atoms with Gasteiger partial charge in [0.05, 0.1) is 17.9 Å². The minimum absolute atomic E-state index is 0.352. The van der Waals surface area contributed by atoms with Crippen LogP contribution in [-0.4, -0.2) is 20.0 Å². The summed E-state index contributed by atoms with van der Waals surface area (Å²) >= 11 is 0. The van der Waals surface area contributed by atoms with E-state index in [2.05, 4.69) is 20.7 Å². The van der Waals surface area contributed by atoms with E-state index in [0.29, 0.717) is 12.0 Å². The summed E-state index contributed by atoms with van der Waals surface area (Å²) in [4.78, 5) is 3.70. The molecule has 1 atom stereocenters. The Hall–Kier alpha value is -1.86. The van der Waals surface area contributed by atoms with Crippen LogP contribution in [0.3, 0.4) is 0 Å². The van der Waals surface area contributed by atoms with Gasteiger partial charge >= 0.3 is 0 Å². The first-order valence-corrected chi connectivity index (χ1v) is 5.11. The fraction of sp³-hybridized carbons (Fsp3) is 0.300. The van der Waals surface area contributed by atoms with Gasteiger partial charge in [-0.25, -0.2) is 4.39 Å². The van der Waals surface area contributed by atoms with Gasteiger partial charge in [0.2, 0.25) is 0 Å². The Morgan fingerprint density at radius 2 is 2.41 bits per heavy atom. The summed E-state index contributed by atoms with van der Waals surface area (Å²) in [6.07, 6.45) is 4.92. The Bertz CT molecular complexity index is 497. The molecular formula is C10H13FN6. The van der Waals surface area contributed by atoms with Gasteiger partial charge < -0.3 is 0 Å².